The van der Waals surface area contributed by atoms with E-state index >= 15 is 0 Å². The van der Waals surface area contributed by atoms with Gasteiger partial charge in [-0.05, 0) is 25.5 Å². The Hall–Kier alpha value is -2.28. The summed E-state index contributed by atoms with van der Waals surface area (Å²) in [6.45, 7) is 7.00. The lowest BCUT2D eigenvalue weighted by atomic mass is 9.99. The van der Waals surface area contributed by atoms with Gasteiger partial charge in [0.1, 0.15) is 24.1 Å². The smallest absolute Gasteiger partial charge is 0.335 e. The van der Waals surface area contributed by atoms with E-state index in [2.05, 4.69) is 10.6 Å². The molecule has 11 heteroatoms. The number of nitrogens with zero attached hydrogens (tertiary/aromatic N) is 1. The first-order chi connectivity index (χ1) is 14.7. The van der Waals surface area contributed by atoms with Crippen molar-refractivity contribution in [1.29, 1.82) is 0 Å². The number of carbonyl (C=O) groups is 2. The van der Waals surface area contributed by atoms with Gasteiger partial charge in [-0.25, -0.2) is 4.79 Å². The molecule has 1 unspecified atom stereocenters. The average molecular weight is 439 g/mol. The molecule has 0 aromatic heterocycles. The van der Waals surface area contributed by atoms with Crippen LogP contribution in [0, 0.1) is 13.8 Å². The van der Waals surface area contributed by atoms with Crippen molar-refractivity contribution in [2.45, 2.75) is 44.6 Å². The molecule has 0 radical (unpaired) electrons. The molecule has 11 nitrogen and oxygen atoms in total. The summed E-state index contributed by atoms with van der Waals surface area (Å²) in [5.41, 5.74) is 1.89. The highest BCUT2D eigenvalue weighted by Gasteiger charge is 2.48. The zero-order valence-electron chi connectivity index (χ0n) is 17.4. The molecule has 0 bridgehead atoms. The number of aliphatic hydroxyl groups is 3. The second-order valence-corrected chi connectivity index (χ2v) is 7.81. The standard InChI is InChI=1S/C20H29N3O8/c1-10-3-4-12(30-20-17(27)15(25)16(26)18(31-20)19(28)29)11(2)14(10)22-13(24)9-23-7-5-21-6-8-23/h3-4,15-18,20-21,25-27H,5-9H2,1-2H3,(H,22,24)(H,28,29)/t15-,16-,17+,18-,20?/m0/s1. The fourth-order valence-electron chi connectivity index (χ4n) is 3.67. The minimum atomic E-state index is -1.80. The molecule has 6 N–H and O–H groups in total. The molecular weight excluding hydrogens is 410 g/mol. The third-order valence-corrected chi connectivity index (χ3v) is 5.52. The first kappa shape index (κ1) is 23.4. The molecule has 172 valence electrons. The SMILES string of the molecule is Cc1ccc(OC2O[C@H](C(=O)O)[C@@H](O)[C@H](O)[C@H]2O)c(C)c1NC(=O)CN1CCNCC1. The van der Waals surface area contributed by atoms with Gasteiger partial charge in [0.25, 0.3) is 0 Å². The Morgan fingerprint density at radius 2 is 1.84 bits per heavy atom. The lowest BCUT2D eigenvalue weighted by molar-refractivity contribution is -0.271. The van der Waals surface area contributed by atoms with E-state index in [9.17, 15) is 30.0 Å². The topological polar surface area (TPSA) is 161 Å². The lowest BCUT2D eigenvalue weighted by Gasteiger charge is -2.38. The highest BCUT2D eigenvalue weighted by atomic mass is 16.7. The molecule has 31 heavy (non-hydrogen) atoms. The van der Waals surface area contributed by atoms with Gasteiger partial charge in [-0.1, -0.05) is 6.07 Å². The molecule has 3 rings (SSSR count). The van der Waals surface area contributed by atoms with Crippen molar-refractivity contribution in [3.63, 3.8) is 0 Å². The first-order valence-electron chi connectivity index (χ1n) is 10.1. The second-order valence-electron chi connectivity index (χ2n) is 7.81. The number of carbonyl (C=O) groups excluding carboxylic acids is 1. The number of aliphatic hydroxyl groups excluding tert-OH is 3. The van der Waals surface area contributed by atoms with Gasteiger partial charge in [-0.15, -0.1) is 0 Å². The van der Waals surface area contributed by atoms with E-state index in [0.717, 1.165) is 31.7 Å². The Morgan fingerprint density at radius 3 is 2.48 bits per heavy atom. The minimum Gasteiger partial charge on any atom is -0.479 e. The molecule has 0 spiro atoms. The van der Waals surface area contributed by atoms with Crippen LogP contribution in [0.5, 0.6) is 5.75 Å². The summed E-state index contributed by atoms with van der Waals surface area (Å²) in [5.74, 6) is -1.43. The molecule has 1 aromatic carbocycles. The van der Waals surface area contributed by atoms with E-state index in [1.165, 1.54) is 0 Å². The van der Waals surface area contributed by atoms with Gasteiger partial charge in [0, 0.05) is 31.7 Å². The fraction of sp³-hybridized carbons (Fsp3) is 0.600. The zero-order valence-corrected chi connectivity index (χ0v) is 17.4. The van der Waals surface area contributed by atoms with Crippen LogP contribution in [-0.2, 0) is 14.3 Å². The number of aliphatic carboxylic acids is 1. The van der Waals surface area contributed by atoms with Crippen LogP contribution in [0.15, 0.2) is 12.1 Å². The van der Waals surface area contributed by atoms with Gasteiger partial charge in [0.15, 0.2) is 6.10 Å². The number of piperazine rings is 1. The number of hydrogen-bond donors (Lipinski definition) is 6. The Labute approximate surface area is 179 Å². The van der Waals surface area contributed by atoms with E-state index < -0.39 is 36.7 Å². The Kier molecular flexibility index (Phi) is 7.46. The minimum absolute atomic E-state index is 0.177. The number of ether oxygens (including phenoxy) is 2. The van der Waals surface area contributed by atoms with E-state index in [0.29, 0.717) is 11.3 Å². The maximum Gasteiger partial charge on any atom is 0.335 e. The van der Waals surface area contributed by atoms with E-state index in [4.69, 9.17) is 9.47 Å². The second kappa shape index (κ2) is 9.90. The Bertz CT molecular complexity index is 814. The summed E-state index contributed by atoms with van der Waals surface area (Å²) in [4.78, 5) is 25.9. The maximum absolute atomic E-state index is 12.5. The molecule has 5 atom stereocenters. The van der Waals surface area contributed by atoms with Crippen molar-refractivity contribution >= 4 is 17.6 Å². The molecule has 0 aliphatic carbocycles. The van der Waals surface area contributed by atoms with Crippen LogP contribution in [0.1, 0.15) is 11.1 Å². The fourth-order valence-corrected chi connectivity index (χ4v) is 3.67. The number of carboxylic acid groups (broad SMARTS) is 1. The van der Waals surface area contributed by atoms with E-state index in [-0.39, 0.29) is 18.2 Å². The van der Waals surface area contributed by atoms with Crippen molar-refractivity contribution in [3.05, 3.63) is 23.3 Å². The summed E-state index contributed by atoms with van der Waals surface area (Å²) in [5, 5.41) is 45.2. The van der Waals surface area contributed by atoms with Crippen molar-refractivity contribution < 1.29 is 39.5 Å². The van der Waals surface area contributed by atoms with Crippen LogP contribution in [-0.4, -0.2) is 101 Å². The highest BCUT2D eigenvalue weighted by Crippen LogP contribution is 2.32. The molecule has 1 amide bonds. The van der Waals surface area contributed by atoms with Gasteiger partial charge < -0.3 is 40.5 Å². The van der Waals surface area contributed by atoms with Crippen LogP contribution < -0.4 is 15.4 Å². The number of rotatable bonds is 6. The van der Waals surface area contributed by atoms with Gasteiger partial charge >= 0.3 is 5.97 Å². The van der Waals surface area contributed by atoms with Crippen LogP contribution in [0.3, 0.4) is 0 Å². The van der Waals surface area contributed by atoms with E-state index in [1.807, 2.05) is 11.8 Å². The molecule has 2 aliphatic heterocycles. The van der Waals surface area contributed by atoms with Crippen LogP contribution in [0.2, 0.25) is 0 Å². The number of nitrogens with one attached hydrogen (secondary N) is 2. The molecule has 1 aromatic rings. The van der Waals surface area contributed by atoms with Crippen LogP contribution in [0.25, 0.3) is 0 Å². The number of amides is 1. The van der Waals surface area contributed by atoms with Gasteiger partial charge in [-0.3, -0.25) is 9.69 Å². The van der Waals surface area contributed by atoms with Crippen LogP contribution in [0.4, 0.5) is 5.69 Å². The molecule has 2 fully saturated rings. The largest absolute Gasteiger partial charge is 0.479 e. The number of benzene rings is 1. The molecular formula is C20H29N3O8. The van der Waals surface area contributed by atoms with Crippen LogP contribution >= 0.6 is 0 Å². The Morgan fingerprint density at radius 1 is 1.16 bits per heavy atom. The number of carboxylic acids is 1. The first-order valence-corrected chi connectivity index (χ1v) is 10.1. The number of aryl methyl sites for hydroxylation is 1. The third-order valence-electron chi connectivity index (χ3n) is 5.52. The van der Waals surface area contributed by atoms with Crippen molar-refractivity contribution in [2.24, 2.45) is 0 Å². The van der Waals surface area contributed by atoms with Crippen molar-refractivity contribution in [3.8, 4) is 5.75 Å². The number of hydrogen-bond acceptors (Lipinski definition) is 9. The predicted molar refractivity (Wildman–Crippen MR) is 109 cm³/mol. The number of anilines is 1. The van der Waals surface area contributed by atoms with E-state index in [1.54, 1.807) is 19.1 Å². The molecule has 2 aliphatic rings. The van der Waals surface area contributed by atoms with Crippen molar-refractivity contribution in [1.82, 2.24) is 10.2 Å². The van der Waals surface area contributed by atoms with Gasteiger partial charge in [0.05, 0.1) is 12.2 Å². The molecule has 2 saturated heterocycles. The summed E-state index contributed by atoms with van der Waals surface area (Å²) in [6, 6.07) is 3.30. The predicted octanol–water partition coefficient (Wildman–Crippen LogP) is -1.58. The normalized spacial score (nSPS) is 29.4. The zero-order chi connectivity index (χ0) is 22.7. The average Bonchev–Trinajstić information content (AvgIpc) is 2.73. The maximum atomic E-state index is 12.5. The summed E-state index contributed by atoms with van der Waals surface area (Å²) in [7, 11) is 0. The lowest BCUT2D eigenvalue weighted by Crippen LogP contribution is -2.61. The summed E-state index contributed by atoms with van der Waals surface area (Å²) < 4.78 is 10.8. The summed E-state index contributed by atoms with van der Waals surface area (Å²) in [6.07, 6.45) is -8.51. The van der Waals surface area contributed by atoms with Gasteiger partial charge in [0.2, 0.25) is 12.2 Å². The monoisotopic (exact) mass is 439 g/mol. The van der Waals surface area contributed by atoms with Crippen molar-refractivity contribution in [2.75, 3.05) is 38.0 Å². The molecule has 0 saturated carbocycles. The Balaban J connectivity index is 1.73. The molecule has 2 heterocycles. The summed E-state index contributed by atoms with van der Waals surface area (Å²) >= 11 is 0. The third kappa shape index (κ3) is 5.32. The quantitative estimate of drug-likeness (QED) is 0.305. The van der Waals surface area contributed by atoms with Gasteiger partial charge in [-0.2, -0.15) is 0 Å². The highest BCUT2D eigenvalue weighted by molar-refractivity contribution is 5.94.